The van der Waals surface area contributed by atoms with Crippen molar-refractivity contribution in [3.8, 4) is 0 Å². The highest BCUT2D eigenvalue weighted by Crippen LogP contribution is 2.44. The molecule has 0 aromatic rings. The molecule has 0 N–H and O–H groups in total. The summed E-state index contributed by atoms with van der Waals surface area (Å²) in [5, 5.41) is 0. The van der Waals surface area contributed by atoms with E-state index in [1.54, 1.807) is 6.08 Å². The first kappa shape index (κ1) is 20.8. The second-order valence-electron chi connectivity index (χ2n) is 9.69. The van der Waals surface area contributed by atoms with Crippen LogP contribution in [0, 0.1) is 29.1 Å². The van der Waals surface area contributed by atoms with Gasteiger partial charge in [-0.2, -0.15) is 0 Å². The normalized spacial score (nSPS) is 37.7. The number of ether oxygens (including phenoxy) is 1. The lowest BCUT2D eigenvalue weighted by molar-refractivity contribution is -0.303. The molecule has 0 saturated heterocycles. The van der Waals surface area contributed by atoms with Crippen LogP contribution in [0.1, 0.15) is 84.5 Å². The zero-order valence-corrected chi connectivity index (χ0v) is 16.9. The van der Waals surface area contributed by atoms with Crippen molar-refractivity contribution in [1.82, 2.24) is 0 Å². The van der Waals surface area contributed by atoms with Crippen molar-refractivity contribution in [3.05, 3.63) is 24.0 Å². The molecule has 0 amide bonds. The van der Waals surface area contributed by atoms with Crippen LogP contribution in [0.15, 0.2) is 24.0 Å². The van der Waals surface area contributed by atoms with Crippen LogP contribution in [0.25, 0.3) is 0 Å². The van der Waals surface area contributed by atoms with Gasteiger partial charge >= 0.3 is 6.36 Å². The second kappa shape index (κ2) is 8.61. The van der Waals surface area contributed by atoms with E-state index in [0.717, 1.165) is 30.1 Å². The molecule has 4 heteroatoms. The van der Waals surface area contributed by atoms with Gasteiger partial charge in [-0.1, -0.05) is 45.6 Å². The van der Waals surface area contributed by atoms with Gasteiger partial charge in [-0.3, -0.25) is 0 Å². The fourth-order valence-corrected chi connectivity index (χ4v) is 5.39. The maximum absolute atomic E-state index is 12.3. The number of rotatable bonds is 5. The van der Waals surface area contributed by atoms with E-state index in [1.807, 2.05) is 6.08 Å². The Bertz CT molecular complexity index is 534. The summed E-state index contributed by atoms with van der Waals surface area (Å²) in [6.45, 7) is 4.54. The third kappa shape index (κ3) is 6.29. The van der Waals surface area contributed by atoms with Crippen LogP contribution in [-0.2, 0) is 4.74 Å². The fraction of sp³-hybridized carbons (Fsp3) is 0.826. The lowest BCUT2D eigenvalue weighted by Gasteiger charge is -2.38. The molecule has 0 heterocycles. The van der Waals surface area contributed by atoms with E-state index in [9.17, 15) is 13.2 Å². The number of hydrogen-bond acceptors (Lipinski definition) is 1. The van der Waals surface area contributed by atoms with Gasteiger partial charge in [0.1, 0.15) is 5.76 Å². The molecule has 0 bridgehead atoms. The third-order valence-corrected chi connectivity index (χ3v) is 7.40. The molecule has 0 radical (unpaired) electrons. The Balaban J connectivity index is 1.38. The van der Waals surface area contributed by atoms with Gasteiger partial charge in [0.25, 0.3) is 0 Å². The zero-order chi connectivity index (χ0) is 19.5. The summed E-state index contributed by atoms with van der Waals surface area (Å²) in [4.78, 5) is 0. The Morgan fingerprint density at radius 2 is 1.59 bits per heavy atom. The molecule has 0 aromatic carbocycles. The van der Waals surface area contributed by atoms with Gasteiger partial charge in [0.15, 0.2) is 0 Å². The van der Waals surface area contributed by atoms with Gasteiger partial charge in [0, 0.05) is 0 Å². The van der Waals surface area contributed by atoms with E-state index >= 15 is 0 Å². The van der Waals surface area contributed by atoms with E-state index in [4.69, 9.17) is 0 Å². The van der Waals surface area contributed by atoms with Crippen LogP contribution < -0.4 is 0 Å². The summed E-state index contributed by atoms with van der Waals surface area (Å²) in [6, 6.07) is 0. The molecule has 3 rings (SSSR count). The first-order chi connectivity index (χ1) is 12.7. The molecule has 3 aliphatic carbocycles. The van der Waals surface area contributed by atoms with E-state index in [-0.39, 0.29) is 11.2 Å². The Kier molecular flexibility index (Phi) is 6.63. The Morgan fingerprint density at radius 1 is 1.00 bits per heavy atom. The highest BCUT2D eigenvalue weighted by atomic mass is 19.4. The molecule has 0 aliphatic heterocycles. The number of hydrogen-bond donors (Lipinski definition) is 0. The molecule has 27 heavy (non-hydrogen) atoms. The van der Waals surface area contributed by atoms with E-state index in [2.05, 4.69) is 18.6 Å². The number of alkyl halides is 3. The molecule has 0 spiro atoms. The molecular formula is C23H35F3O. The maximum Gasteiger partial charge on any atom is 0.573 e. The summed E-state index contributed by atoms with van der Waals surface area (Å²) in [5.41, 5.74) is -0.0329. The average molecular weight is 385 g/mol. The topological polar surface area (TPSA) is 9.23 Å². The van der Waals surface area contributed by atoms with Gasteiger partial charge in [-0.15, -0.1) is 13.2 Å². The number of halogens is 3. The first-order valence-electron chi connectivity index (χ1n) is 10.9. The van der Waals surface area contributed by atoms with Crippen molar-refractivity contribution in [1.29, 1.82) is 0 Å². The van der Waals surface area contributed by atoms with Crippen LogP contribution in [-0.4, -0.2) is 6.36 Å². The summed E-state index contributed by atoms with van der Waals surface area (Å²) < 4.78 is 41.0. The summed E-state index contributed by atoms with van der Waals surface area (Å²) >= 11 is 0. The highest BCUT2D eigenvalue weighted by Gasteiger charge is 2.34. The first-order valence-corrected chi connectivity index (χ1v) is 10.9. The quantitative estimate of drug-likeness (QED) is 0.470. The highest BCUT2D eigenvalue weighted by molar-refractivity contribution is 5.21. The average Bonchev–Trinajstić information content (AvgIpc) is 2.62. The lowest BCUT2D eigenvalue weighted by atomic mass is 9.68. The summed E-state index contributed by atoms with van der Waals surface area (Å²) in [6.07, 6.45) is 14.5. The molecule has 154 valence electrons. The van der Waals surface area contributed by atoms with E-state index in [0.29, 0.717) is 6.42 Å². The van der Waals surface area contributed by atoms with Gasteiger partial charge < -0.3 is 4.74 Å². The van der Waals surface area contributed by atoms with E-state index < -0.39 is 6.36 Å². The van der Waals surface area contributed by atoms with Crippen molar-refractivity contribution in [2.45, 2.75) is 90.8 Å². The predicted molar refractivity (Wildman–Crippen MR) is 103 cm³/mol. The van der Waals surface area contributed by atoms with Crippen molar-refractivity contribution < 1.29 is 17.9 Å². The van der Waals surface area contributed by atoms with Crippen LogP contribution in [0.5, 0.6) is 0 Å². The van der Waals surface area contributed by atoms with Crippen LogP contribution in [0.3, 0.4) is 0 Å². The summed E-state index contributed by atoms with van der Waals surface area (Å²) in [7, 11) is 0. The zero-order valence-electron chi connectivity index (χ0n) is 16.9. The fourth-order valence-electron chi connectivity index (χ4n) is 5.39. The molecule has 2 fully saturated rings. The minimum Gasteiger partial charge on any atom is -0.406 e. The largest absolute Gasteiger partial charge is 0.573 e. The molecule has 3 aliphatic rings. The molecule has 1 unspecified atom stereocenters. The van der Waals surface area contributed by atoms with Crippen LogP contribution in [0.2, 0.25) is 0 Å². The minimum absolute atomic E-state index is 0.0329. The summed E-state index contributed by atoms with van der Waals surface area (Å²) in [5.74, 6) is 3.58. The molecule has 1 atom stereocenters. The Morgan fingerprint density at radius 3 is 2.11 bits per heavy atom. The van der Waals surface area contributed by atoms with Crippen molar-refractivity contribution >= 4 is 0 Å². The maximum atomic E-state index is 12.3. The van der Waals surface area contributed by atoms with Gasteiger partial charge in [-0.05, 0) is 86.2 Å². The second-order valence-corrected chi connectivity index (χ2v) is 9.69. The molecule has 2 saturated carbocycles. The third-order valence-electron chi connectivity index (χ3n) is 7.40. The van der Waals surface area contributed by atoms with Gasteiger partial charge in [0.05, 0.1) is 0 Å². The van der Waals surface area contributed by atoms with Crippen LogP contribution in [0.4, 0.5) is 13.2 Å². The molecular weight excluding hydrogens is 349 g/mol. The molecule has 0 aromatic heterocycles. The Labute approximate surface area is 162 Å². The lowest BCUT2D eigenvalue weighted by Crippen LogP contribution is -2.26. The van der Waals surface area contributed by atoms with Crippen LogP contribution >= 0.6 is 0 Å². The van der Waals surface area contributed by atoms with Gasteiger partial charge in [0.2, 0.25) is 0 Å². The smallest absolute Gasteiger partial charge is 0.406 e. The van der Waals surface area contributed by atoms with Crippen molar-refractivity contribution in [3.63, 3.8) is 0 Å². The van der Waals surface area contributed by atoms with E-state index in [1.165, 1.54) is 63.9 Å². The van der Waals surface area contributed by atoms with Gasteiger partial charge in [-0.25, -0.2) is 0 Å². The predicted octanol–water partition coefficient (Wildman–Crippen LogP) is 7.79. The van der Waals surface area contributed by atoms with Crippen molar-refractivity contribution in [2.75, 3.05) is 0 Å². The number of allylic oxidation sites excluding steroid dienone is 3. The SMILES string of the molecule is CC1CCC(C2CCC(CCC3(C)C=CC(OC(F)(F)F)=CC3)CC2)CC1. The minimum atomic E-state index is -4.60. The molecule has 1 nitrogen and oxygen atoms in total. The van der Waals surface area contributed by atoms with Crippen molar-refractivity contribution in [2.24, 2.45) is 29.1 Å². The standard InChI is InChI=1S/C23H35F3O/c1-17-3-7-19(8-4-17)20-9-5-18(6-10-20)11-14-22(2)15-12-21(13-16-22)27-23(24,25)26/h12-13,15,17-20H,3-11,14,16H2,1-2H3. The monoisotopic (exact) mass is 384 g/mol. The Hall–Kier alpha value is -0.930.